The first kappa shape index (κ1) is 15.0. The molecule has 1 amide bonds. The van der Waals surface area contributed by atoms with E-state index in [0.717, 1.165) is 22.3 Å². The average molecular weight is 308 g/mol. The maximum Gasteiger partial charge on any atom is 0.287 e. The van der Waals surface area contributed by atoms with Gasteiger partial charge in [-0.3, -0.25) is 4.79 Å². The van der Waals surface area contributed by atoms with Crippen molar-refractivity contribution in [3.8, 4) is 22.4 Å². The lowest BCUT2D eigenvalue weighted by molar-refractivity contribution is 0.0965. The molecule has 0 unspecified atom stereocenters. The first-order chi connectivity index (χ1) is 11.2. The van der Waals surface area contributed by atoms with E-state index in [1.54, 1.807) is 7.11 Å². The Hall–Kier alpha value is -2.92. The van der Waals surface area contributed by atoms with Gasteiger partial charge in [0.05, 0.1) is 6.61 Å². The minimum atomic E-state index is -0.631. The van der Waals surface area contributed by atoms with Crippen LogP contribution in [0, 0.1) is 0 Å². The van der Waals surface area contributed by atoms with Crippen molar-refractivity contribution in [2.24, 2.45) is 5.73 Å². The molecule has 3 rings (SSSR count). The second-order valence-electron chi connectivity index (χ2n) is 5.11. The molecule has 0 saturated carbocycles. The number of primary amides is 1. The van der Waals surface area contributed by atoms with E-state index in [0.29, 0.717) is 12.3 Å². The molecule has 0 saturated heterocycles. The Labute approximate surface area is 133 Å². The summed E-state index contributed by atoms with van der Waals surface area (Å²) in [4.78, 5) is 11.1. The molecule has 5 heteroatoms. The number of nitrogens with zero attached hydrogens (tertiary/aromatic N) is 1. The summed E-state index contributed by atoms with van der Waals surface area (Å²) >= 11 is 0. The largest absolute Gasteiger partial charge is 0.380 e. The molecule has 2 aromatic carbocycles. The SMILES string of the molecule is COCc1ccccc1-c1ccc(-c2cc(C(N)=O)on2)cc1. The molecule has 0 atom stereocenters. The summed E-state index contributed by atoms with van der Waals surface area (Å²) in [6.45, 7) is 0.559. The fraction of sp³-hybridized carbons (Fsp3) is 0.111. The van der Waals surface area contributed by atoms with Crippen LogP contribution in [0.2, 0.25) is 0 Å². The highest BCUT2D eigenvalue weighted by atomic mass is 16.5. The summed E-state index contributed by atoms with van der Waals surface area (Å²) in [6, 6.07) is 17.5. The molecule has 0 aliphatic heterocycles. The van der Waals surface area contributed by atoms with Crippen LogP contribution in [0.25, 0.3) is 22.4 Å². The zero-order chi connectivity index (χ0) is 16.2. The number of benzene rings is 2. The number of hydrogen-bond acceptors (Lipinski definition) is 4. The quantitative estimate of drug-likeness (QED) is 0.784. The highest BCUT2D eigenvalue weighted by molar-refractivity contribution is 5.90. The maximum absolute atomic E-state index is 11.1. The van der Waals surface area contributed by atoms with Crippen LogP contribution in [-0.4, -0.2) is 18.2 Å². The topological polar surface area (TPSA) is 78.4 Å². The van der Waals surface area contributed by atoms with E-state index in [-0.39, 0.29) is 5.76 Å². The van der Waals surface area contributed by atoms with Crippen LogP contribution < -0.4 is 5.73 Å². The van der Waals surface area contributed by atoms with Gasteiger partial charge in [-0.1, -0.05) is 53.7 Å². The molecule has 0 aliphatic carbocycles. The van der Waals surface area contributed by atoms with Crippen molar-refractivity contribution < 1.29 is 14.1 Å². The molecule has 0 radical (unpaired) electrons. The first-order valence-electron chi connectivity index (χ1n) is 7.13. The fourth-order valence-corrected chi connectivity index (χ4v) is 2.43. The Morgan fingerprint density at radius 1 is 1.13 bits per heavy atom. The number of rotatable bonds is 5. The van der Waals surface area contributed by atoms with Crippen molar-refractivity contribution in [1.82, 2.24) is 5.16 Å². The minimum Gasteiger partial charge on any atom is -0.380 e. The van der Waals surface area contributed by atoms with Gasteiger partial charge in [-0.15, -0.1) is 0 Å². The van der Waals surface area contributed by atoms with Gasteiger partial charge in [0, 0.05) is 18.7 Å². The molecule has 0 fully saturated rings. The first-order valence-corrected chi connectivity index (χ1v) is 7.13. The van der Waals surface area contributed by atoms with Crippen LogP contribution in [-0.2, 0) is 11.3 Å². The highest BCUT2D eigenvalue weighted by Crippen LogP contribution is 2.27. The van der Waals surface area contributed by atoms with E-state index < -0.39 is 5.91 Å². The van der Waals surface area contributed by atoms with Gasteiger partial charge < -0.3 is 15.0 Å². The number of hydrogen-bond donors (Lipinski definition) is 1. The maximum atomic E-state index is 11.1. The van der Waals surface area contributed by atoms with Gasteiger partial charge in [-0.25, -0.2) is 0 Å². The zero-order valence-corrected chi connectivity index (χ0v) is 12.7. The Bertz CT molecular complexity index is 822. The second-order valence-corrected chi connectivity index (χ2v) is 5.11. The molecule has 3 aromatic rings. The molecular formula is C18H16N2O3. The van der Waals surface area contributed by atoms with E-state index in [2.05, 4.69) is 11.2 Å². The number of aromatic nitrogens is 1. The Kier molecular flexibility index (Phi) is 4.21. The summed E-state index contributed by atoms with van der Waals surface area (Å²) < 4.78 is 10.1. The van der Waals surface area contributed by atoms with Crippen molar-refractivity contribution >= 4 is 5.91 Å². The molecule has 2 N–H and O–H groups in total. The van der Waals surface area contributed by atoms with E-state index in [4.69, 9.17) is 15.0 Å². The smallest absolute Gasteiger partial charge is 0.287 e. The van der Waals surface area contributed by atoms with Crippen molar-refractivity contribution in [2.45, 2.75) is 6.61 Å². The van der Waals surface area contributed by atoms with Crippen LogP contribution in [0.1, 0.15) is 16.1 Å². The zero-order valence-electron chi connectivity index (χ0n) is 12.7. The van der Waals surface area contributed by atoms with E-state index in [1.807, 2.05) is 42.5 Å². The van der Waals surface area contributed by atoms with E-state index in [9.17, 15) is 4.79 Å². The number of nitrogens with two attached hydrogens (primary N) is 1. The van der Waals surface area contributed by atoms with Gasteiger partial charge in [0.25, 0.3) is 5.91 Å². The standard InChI is InChI=1S/C18H16N2O3/c1-22-11-14-4-2-3-5-15(14)12-6-8-13(9-7-12)16-10-17(18(19)21)23-20-16/h2-10H,11H2,1H3,(H2,19,21). The van der Waals surface area contributed by atoms with Crippen molar-refractivity contribution in [2.75, 3.05) is 7.11 Å². The predicted octanol–water partition coefficient (Wildman–Crippen LogP) is 3.25. The lowest BCUT2D eigenvalue weighted by Crippen LogP contribution is -2.09. The van der Waals surface area contributed by atoms with Crippen molar-refractivity contribution in [1.29, 1.82) is 0 Å². The van der Waals surface area contributed by atoms with Gasteiger partial charge in [0.2, 0.25) is 5.76 Å². The van der Waals surface area contributed by atoms with Gasteiger partial charge in [0.1, 0.15) is 5.69 Å². The van der Waals surface area contributed by atoms with Gasteiger partial charge in [-0.2, -0.15) is 0 Å². The van der Waals surface area contributed by atoms with Gasteiger partial charge >= 0.3 is 0 Å². The fourth-order valence-electron chi connectivity index (χ4n) is 2.43. The predicted molar refractivity (Wildman–Crippen MR) is 86.6 cm³/mol. The lowest BCUT2D eigenvalue weighted by Gasteiger charge is -2.09. The third-order valence-electron chi connectivity index (χ3n) is 3.56. The van der Waals surface area contributed by atoms with Crippen LogP contribution in [0.4, 0.5) is 0 Å². The molecule has 0 spiro atoms. The summed E-state index contributed by atoms with van der Waals surface area (Å²) in [5.74, 6) is -0.580. The Morgan fingerprint density at radius 3 is 2.48 bits per heavy atom. The molecule has 23 heavy (non-hydrogen) atoms. The van der Waals surface area contributed by atoms with Crippen LogP contribution >= 0.6 is 0 Å². The monoisotopic (exact) mass is 308 g/mol. The van der Waals surface area contributed by atoms with E-state index in [1.165, 1.54) is 6.07 Å². The Balaban J connectivity index is 1.91. The highest BCUT2D eigenvalue weighted by Gasteiger charge is 2.11. The molecule has 1 aromatic heterocycles. The molecular weight excluding hydrogens is 292 g/mol. The lowest BCUT2D eigenvalue weighted by atomic mass is 9.98. The third-order valence-corrected chi connectivity index (χ3v) is 3.56. The number of amides is 1. The molecule has 5 nitrogen and oxygen atoms in total. The number of ether oxygens (including phenoxy) is 1. The summed E-state index contributed by atoms with van der Waals surface area (Å²) in [7, 11) is 1.68. The number of carbonyl (C=O) groups is 1. The summed E-state index contributed by atoms with van der Waals surface area (Å²) in [5, 5.41) is 3.86. The van der Waals surface area contributed by atoms with Crippen molar-refractivity contribution in [3.05, 3.63) is 65.9 Å². The van der Waals surface area contributed by atoms with E-state index >= 15 is 0 Å². The van der Waals surface area contributed by atoms with Gasteiger partial charge in [-0.05, 0) is 16.7 Å². The molecule has 0 bridgehead atoms. The third kappa shape index (κ3) is 3.14. The number of carbonyl (C=O) groups excluding carboxylic acids is 1. The molecule has 0 aliphatic rings. The summed E-state index contributed by atoms with van der Waals surface area (Å²) in [5.41, 5.74) is 9.93. The number of methoxy groups -OCH3 is 1. The average Bonchev–Trinajstić information content (AvgIpc) is 3.06. The van der Waals surface area contributed by atoms with Crippen LogP contribution in [0.15, 0.2) is 59.1 Å². The van der Waals surface area contributed by atoms with Crippen LogP contribution in [0.5, 0.6) is 0 Å². The minimum absolute atomic E-state index is 0.0505. The van der Waals surface area contributed by atoms with Crippen molar-refractivity contribution in [3.63, 3.8) is 0 Å². The normalized spacial score (nSPS) is 10.7. The van der Waals surface area contributed by atoms with Crippen LogP contribution in [0.3, 0.4) is 0 Å². The second kappa shape index (κ2) is 6.46. The molecule has 116 valence electrons. The molecule has 1 heterocycles. The Morgan fingerprint density at radius 2 is 1.83 bits per heavy atom. The van der Waals surface area contributed by atoms with Gasteiger partial charge in [0.15, 0.2) is 0 Å². The summed E-state index contributed by atoms with van der Waals surface area (Å²) in [6.07, 6.45) is 0.